The van der Waals surface area contributed by atoms with Crippen LogP contribution in [0.4, 0.5) is 9.52 Å². The number of anilines is 1. The Balaban J connectivity index is 1.33. The Morgan fingerprint density at radius 3 is 2.92 bits per heavy atom. The van der Waals surface area contributed by atoms with E-state index in [0.717, 1.165) is 41.3 Å². The number of carbonyl (C=O) groups excluding carboxylic acids is 1. The number of hydrogen-bond acceptors (Lipinski definition) is 7. The van der Waals surface area contributed by atoms with Crippen molar-refractivity contribution in [2.45, 2.75) is 26.3 Å². The summed E-state index contributed by atoms with van der Waals surface area (Å²) in [6.07, 6.45) is 1.50. The van der Waals surface area contributed by atoms with Gasteiger partial charge < -0.3 is 14.7 Å². The second kappa shape index (κ2) is 6.99. The Kier molecular flexibility index (Phi) is 4.54. The molecule has 4 rings (SSSR count). The van der Waals surface area contributed by atoms with Gasteiger partial charge in [0.2, 0.25) is 11.8 Å². The van der Waals surface area contributed by atoms with Crippen molar-refractivity contribution in [2.24, 2.45) is 5.92 Å². The Morgan fingerprint density at radius 1 is 1.38 bits per heavy atom. The number of rotatable bonds is 4. The van der Waals surface area contributed by atoms with Crippen LogP contribution in [0.15, 0.2) is 22.7 Å². The van der Waals surface area contributed by atoms with Gasteiger partial charge in [-0.3, -0.25) is 4.79 Å². The number of benzene rings is 1. The molecule has 0 unspecified atom stereocenters. The van der Waals surface area contributed by atoms with E-state index >= 15 is 0 Å². The molecular weight excluding hydrogens is 357 g/mol. The average Bonchev–Trinajstić information content (AvgIpc) is 3.25. The number of thiazole rings is 1. The quantitative estimate of drug-likeness (QED) is 0.755. The average molecular weight is 375 g/mol. The largest absolute Gasteiger partial charge is 0.348 e. The maximum Gasteiger partial charge on any atom is 0.246 e. The van der Waals surface area contributed by atoms with Gasteiger partial charge in [0.05, 0.1) is 16.8 Å². The first-order chi connectivity index (χ1) is 12.6. The normalized spacial score (nSPS) is 15.5. The monoisotopic (exact) mass is 375 g/mol. The van der Waals surface area contributed by atoms with Gasteiger partial charge in [-0.1, -0.05) is 16.5 Å². The summed E-state index contributed by atoms with van der Waals surface area (Å²) in [4.78, 5) is 23.1. The van der Waals surface area contributed by atoms with E-state index in [9.17, 15) is 9.18 Å². The first kappa shape index (κ1) is 16.9. The van der Waals surface area contributed by atoms with Crippen LogP contribution in [0.2, 0.25) is 0 Å². The molecule has 0 radical (unpaired) electrons. The number of piperidine rings is 1. The first-order valence-electron chi connectivity index (χ1n) is 8.46. The number of aromatic nitrogens is 3. The Bertz CT molecular complexity index is 932. The van der Waals surface area contributed by atoms with Crippen LogP contribution in [0.3, 0.4) is 0 Å². The van der Waals surface area contributed by atoms with Gasteiger partial charge in [-0.25, -0.2) is 9.37 Å². The summed E-state index contributed by atoms with van der Waals surface area (Å²) in [6.45, 7) is 3.49. The second-order valence-corrected chi connectivity index (χ2v) is 7.33. The predicted octanol–water partition coefficient (Wildman–Crippen LogP) is 2.66. The van der Waals surface area contributed by atoms with Crippen molar-refractivity contribution >= 4 is 32.6 Å². The molecule has 136 valence electrons. The third-order valence-corrected chi connectivity index (χ3v) is 5.54. The number of nitrogens with one attached hydrogen (secondary N) is 1. The zero-order chi connectivity index (χ0) is 18.1. The molecular formula is C17H18FN5O2S. The lowest BCUT2D eigenvalue weighted by Gasteiger charge is -2.30. The molecule has 0 atom stereocenters. The third kappa shape index (κ3) is 3.52. The molecule has 1 N–H and O–H groups in total. The standard InChI is InChI=1S/C17H18FN5O2S/c1-10-20-15(25-22-10)9-19-16(24)11-4-6-23(7-5-11)17-21-13-3-2-12(18)8-14(13)26-17/h2-3,8,11H,4-7,9H2,1H3,(H,19,24). The van der Waals surface area contributed by atoms with E-state index in [2.05, 4.69) is 25.3 Å². The number of amides is 1. The summed E-state index contributed by atoms with van der Waals surface area (Å²) < 4.78 is 19.2. The van der Waals surface area contributed by atoms with E-state index in [1.807, 2.05) is 0 Å². The highest BCUT2D eigenvalue weighted by Crippen LogP contribution is 2.31. The number of nitrogens with zero attached hydrogens (tertiary/aromatic N) is 4. The molecule has 0 aliphatic carbocycles. The summed E-state index contributed by atoms with van der Waals surface area (Å²) in [5.74, 6) is 0.682. The van der Waals surface area contributed by atoms with Gasteiger partial charge in [0.15, 0.2) is 11.0 Å². The van der Waals surface area contributed by atoms with Gasteiger partial charge in [-0.2, -0.15) is 4.98 Å². The van der Waals surface area contributed by atoms with Crippen LogP contribution >= 0.6 is 11.3 Å². The fraction of sp³-hybridized carbons (Fsp3) is 0.412. The third-order valence-electron chi connectivity index (χ3n) is 4.46. The van der Waals surface area contributed by atoms with E-state index < -0.39 is 0 Å². The fourth-order valence-corrected chi connectivity index (χ4v) is 4.12. The van der Waals surface area contributed by atoms with Crippen molar-refractivity contribution in [3.8, 4) is 0 Å². The van der Waals surface area contributed by atoms with Crippen molar-refractivity contribution in [2.75, 3.05) is 18.0 Å². The molecule has 3 heterocycles. The molecule has 1 fully saturated rings. The zero-order valence-corrected chi connectivity index (χ0v) is 15.1. The van der Waals surface area contributed by atoms with E-state index in [4.69, 9.17) is 4.52 Å². The first-order valence-corrected chi connectivity index (χ1v) is 9.28. The molecule has 1 saturated heterocycles. The highest BCUT2D eigenvalue weighted by Gasteiger charge is 2.26. The number of halogens is 1. The summed E-state index contributed by atoms with van der Waals surface area (Å²) in [5.41, 5.74) is 0.807. The molecule has 1 aliphatic heterocycles. The van der Waals surface area contributed by atoms with Crippen LogP contribution in [0.1, 0.15) is 24.6 Å². The second-order valence-electron chi connectivity index (χ2n) is 6.32. The number of hydrogen-bond donors (Lipinski definition) is 1. The maximum absolute atomic E-state index is 13.3. The van der Waals surface area contributed by atoms with Gasteiger partial charge in [0.25, 0.3) is 0 Å². The highest BCUT2D eigenvalue weighted by molar-refractivity contribution is 7.22. The Labute approximate surface area is 153 Å². The zero-order valence-electron chi connectivity index (χ0n) is 14.2. The van der Waals surface area contributed by atoms with Crippen LogP contribution in [-0.4, -0.2) is 34.1 Å². The molecule has 1 amide bonds. The van der Waals surface area contributed by atoms with Crippen molar-refractivity contribution in [3.05, 3.63) is 35.7 Å². The van der Waals surface area contributed by atoms with Crippen LogP contribution in [0.25, 0.3) is 10.2 Å². The molecule has 7 nitrogen and oxygen atoms in total. The molecule has 1 aliphatic rings. The predicted molar refractivity (Wildman–Crippen MR) is 95.4 cm³/mol. The number of fused-ring (bicyclic) bond motifs is 1. The van der Waals surface area contributed by atoms with E-state index in [1.54, 1.807) is 13.0 Å². The molecule has 2 aromatic heterocycles. The van der Waals surface area contributed by atoms with E-state index in [-0.39, 0.29) is 24.2 Å². The smallest absolute Gasteiger partial charge is 0.246 e. The topological polar surface area (TPSA) is 84.2 Å². The number of carbonyl (C=O) groups is 1. The molecule has 0 spiro atoms. The van der Waals surface area contributed by atoms with Crippen molar-refractivity contribution in [3.63, 3.8) is 0 Å². The van der Waals surface area contributed by atoms with Crippen molar-refractivity contribution in [1.29, 1.82) is 0 Å². The summed E-state index contributed by atoms with van der Waals surface area (Å²) in [5, 5.41) is 7.44. The van der Waals surface area contributed by atoms with Gasteiger partial charge in [0, 0.05) is 19.0 Å². The lowest BCUT2D eigenvalue weighted by atomic mass is 9.96. The van der Waals surface area contributed by atoms with Crippen LogP contribution in [0.5, 0.6) is 0 Å². The van der Waals surface area contributed by atoms with Crippen LogP contribution < -0.4 is 10.2 Å². The van der Waals surface area contributed by atoms with Crippen LogP contribution in [0, 0.1) is 18.7 Å². The minimum absolute atomic E-state index is 0.00636. The van der Waals surface area contributed by atoms with Crippen molar-refractivity contribution < 1.29 is 13.7 Å². The van der Waals surface area contributed by atoms with Crippen LogP contribution in [-0.2, 0) is 11.3 Å². The minimum Gasteiger partial charge on any atom is -0.348 e. The van der Waals surface area contributed by atoms with Crippen molar-refractivity contribution in [1.82, 2.24) is 20.4 Å². The van der Waals surface area contributed by atoms with E-state index in [0.29, 0.717) is 11.7 Å². The lowest BCUT2D eigenvalue weighted by molar-refractivity contribution is -0.125. The SMILES string of the molecule is Cc1noc(CNC(=O)C2CCN(c3nc4ccc(F)cc4s3)CC2)n1. The molecule has 0 saturated carbocycles. The van der Waals surface area contributed by atoms with Gasteiger partial charge in [-0.05, 0) is 38.0 Å². The summed E-state index contributed by atoms with van der Waals surface area (Å²) in [6, 6.07) is 4.63. The molecule has 26 heavy (non-hydrogen) atoms. The summed E-state index contributed by atoms with van der Waals surface area (Å²) in [7, 11) is 0. The lowest BCUT2D eigenvalue weighted by Crippen LogP contribution is -2.40. The summed E-state index contributed by atoms with van der Waals surface area (Å²) >= 11 is 1.48. The molecule has 3 aromatic rings. The minimum atomic E-state index is -0.250. The Hall–Kier alpha value is -2.55. The van der Waals surface area contributed by atoms with Gasteiger partial charge in [-0.15, -0.1) is 0 Å². The highest BCUT2D eigenvalue weighted by atomic mass is 32.1. The maximum atomic E-state index is 13.3. The Morgan fingerprint density at radius 2 is 2.19 bits per heavy atom. The van der Waals surface area contributed by atoms with Gasteiger partial charge >= 0.3 is 0 Å². The number of aryl methyl sites for hydroxylation is 1. The van der Waals surface area contributed by atoms with Gasteiger partial charge in [0.1, 0.15) is 5.82 Å². The molecule has 0 bridgehead atoms. The molecule has 1 aromatic carbocycles. The van der Waals surface area contributed by atoms with E-state index in [1.165, 1.54) is 23.5 Å². The fourth-order valence-electron chi connectivity index (χ4n) is 3.07. The molecule has 9 heteroatoms.